The molecule has 0 spiro atoms. The Morgan fingerprint density at radius 1 is 1.15 bits per heavy atom. The lowest BCUT2D eigenvalue weighted by Gasteiger charge is -2.49. The average Bonchev–Trinajstić information content (AvgIpc) is 3.09. The lowest BCUT2D eigenvalue weighted by molar-refractivity contribution is -0.138. The zero-order valence-corrected chi connectivity index (χ0v) is 20.7. The minimum atomic E-state index is -1.87. The minimum absolute atomic E-state index is 0.0634. The molecule has 0 bridgehead atoms. The highest BCUT2D eigenvalue weighted by atomic mass is 79.9. The van der Waals surface area contributed by atoms with Gasteiger partial charge in [0.25, 0.3) is 11.8 Å². The summed E-state index contributed by atoms with van der Waals surface area (Å²) < 4.78 is 3.58. The molecule has 4 atom stereocenters. The minimum Gasteiger partial charge on any atom is -0.508 e. The third-order valence-electron chi connectivity index (χ3n) is 7.03. The quantitative estimate of drug-likeness (QED) is 0.262. The van der Waals surface area contributed by atoms with Crippen molar-refractivity contribution in [2.75, 3.05) is 5.45 Å². The van der Waals surface area contributed by atoms with Gasteiger partial charge < -0.3 is 5.11 Å². The van der Waals surface area contributed by atoms with Gasteiger partial charge in [0.1, 0.15) is 5.75 Å². The number of nitrogens with zero attached hydrogens (tertiary/aromatic N) is 4. The summed E-state index contributed by atoms with van der Waals surface area (Å²) >= 11 is 17.3. The summed E-state index contributed by atoms with van der Waals surface area (Å²) in [5.41, 5.74) is 0.612. The summed E-state index contributed by atoms with van der Waals surface area (Å²) in [6, 6.07) is 4.04. The zero-order valence-electron chi connectivity index (χ0n) is 17.6. The Balaban J connectivity index is 1.82. The number of amides is 2. The average molecular weight is 558 g/mol. The Hall–Kier alpha value is -2.30. The van der Waals surface area contributed by atoms with Gasteiger partial charge in [-0.15, -0.1) is 23.2 Å². The number of aryl methyl sites for hydroxylation is 1. The van der Waals surface area contributed by atoms with E-state index in [9.17, 15) is 24.3 Å². The van der Waals surface area contributed by atoms with E-state index < -0.39 is 44.9 Å². The van der Waals surface area contributed by atoms with Crippen LogP contribution in [-0.2, 0) is 23.2 Å². The first-order valence-electron chi connectivity index (χ1n) is 10.2. The summed E-state index contributed by atoms with van der Waals surface area (Å²) in [4.78, 5) is 49.7. The van der Waals surface area contributed by atoms with Crippen molar-refractivity contribution in [1.82, 2.24) is 18.8 Å². The first-order chi connectivity index (χ1) is 15.5. The SMILES string of the molecule is Cc1cc([C@H]2C3=CCn4c(=O)n(C)c(=O)n4[C@@H]3C[C@@]3(Cl)C(=O)N(CBr)C(=O)[C@@]23Cl)ccc1O. The van der Waals surface area contributed by atoms with Crippen molar-refractivity contribution >= 4 is 50.9 Å². The largest absolute Gasteiger partial charge is 0.508 e. The molecule has 1 saturated carbocycles. The first-order valence-corrected chi connectivity index (χ1v) is 12.0. The Morgan fingerprint density at radius 3 is 2.48 bits per heavy atom. The number of aromatic hydroxyl groups is 1. The van der Waals surface area contributed by atoms with Crippen LogP contribution in [0.3, 0.4) is 0 Å². The molecule has 2 fully saturated rings. The number of hydrogen-bond donors (Lipinski definition) is 1. The predicted octanol–water partition coefficient (Wildman–Crippen LogP) is 1.71. The number of fused-ring (bicyclic) bond motifs is 4. The first kappa shape index (κ1) is 22.5. The Kier molecular flexibility index (Phi) is 4.84. The Bertz CT molecular complexity index is 1390. The van der Waals surface area contributed by atoms with Crippen LogP contribution < -0.4 is 11.4 Å². The van der Waals surface area contributed by atoms with Gasteiger partial charge in [-0.2, -0.15) is 0 Å². The molecular formula is C21H19BrCl2N4O5. The van der Waals surface area contributed by atoms with E-state index in [1.165, 1.54) is 22.5 Å². The van der Waals surface area contributed by atoms with Crippen LogP contribution >= 0.6 is 39.1 Å². The van der Waals surface area contributed by atoms with Crippen LogP contribution in [-0.4, -0.2) is 51.0 Å². The molecule has 2 amide bonds. The molecule has 1 saturated heterocycles. The lowest BCUT2D eigenvalue weighted by atomic mass is 9.64. The molecule has 1 N–H and O–H groups in total. The van der Waals surface area contributed by atoms with E-state index >= 15 is 0 Å². The maximum atomic E-state index is 13.5. The number of benzene rings is 1. The fraction of sp³-hybridized carbons (Fsp3) is 0.429. The molecule has 5 rings (SSSR count). The maximum Gasteiger partial charge on any atom is 0.347 e. The van der Waals surface area contributed by atoms with Gasteiger partial charge in [0.15, 0.2) is 9.75 Å². The van der Waals surface area contributed by atoms with Crippen molar-refractivity contribution in [2.45, 2.75) is 41.6 Å². The fourth-order valence-corrected chi connectivity index (χ4v) is 6.76. The van der Waals surface area contributed by atoms with Gasteiger partial charge in [0.05, 0.1) is 18.0 Å². The molecular weight excluding hydrogens is 539 g/mol. The van der Waals surface area contributed by atoms with Gasteiger partial charge in [-0.05, 0) is 29.7 Å². The molecule has 174 valence electrons. The summed E-state index contributed by atoms with van der Waals surface area (Å²) in [5, 5.41) is 10.1. The molecule has 9 nitrogen and oxygen atoms in total. The van der Waals surface area contributed by atoms with Crippen LogP contribution in [0.2, 0.25) is 0 Å². The highest BCUT2D eigenvalue weighted by Crippen LogP contribution is 2.63. The fourth-order valence-electron chi connectivity index (χ4n) is 5.36. The smallest absolute Gasteiger partial charge is 0.347 e. The van der Waals surface area contributed by atoms with Crippen molar-refractivity contribution in [3.8, 4) is 5.75 Å². The summed E-state index contributed by atoms with van der Waals surface area (Å²) in [5.74, 6) is -2.12. The highest BCUT2D eigenvalue weighted by molar-refractivity contribution is 9.09. The van der Waals surface area contributed by atoms with Gasteiger partial charge in [0, 0.05) is 19.4 Å². The third-order valence-corrected chi connectivity index (χ3v) is 8.94. The molecule has 33 heavy (non-hydrogen) atoms. The number of rotatable bonds is 2. The molecule has 1 aliphatic carbocycles. The predicted molar refractivity (Wildman–Crippen MR) is 124 cm³/mol. The number of carbonyl (C=O) groups excluding carboxylic acids is 2. The zero-order chi connectivity index (χ0) is 24.0. The van der Waals surface area contributed by atoms with Crippen molar-refractivity contribution < 1.29 is 14.7 Å². The second-order valence-electron chi connectivity index (χ2n) is 8.62. The second kappa shape index (κ2) is 7.10. The van der Waals surface area contributed by atoms with Gasteiger partial charge in [-0.25, -0.2) is 23.5 Å². The number of likely N-dealkylation sites (tertiary alicyclic amines) is 1. The molecule has 3 aliphatic rings. The topological polar surface area (TPSA) is 107 Å². The van der Waals surface area contributed by atoms with E-state index in [4.69, 9.17) is 23.2 Å². The normalized spacial score (nSPS) is 30.7. The molecule has 0 unspecified atom stereocenters. The maximum absolute atomic E-state index is 13.5. The lowest BCUT2D eigenvalue weighted by Crippen LogP contribution is -2.59. The molecule has 1 aromatic heterocycles. The van der Waals surface area contributed by atoms with Crippen LogP contribution in [0.4, 0.5) is 0 Å². The number of alkyl halides is 3. The van der Waals surface area contributed by atoms with E-state index in [1.807, 2.05) is 0 Å². The van der Waals surface area contributed by atoms with Crippen molar-refractivity contribution in [3.63, 3.8) is 0 Å². The molecule has 0 radical (unpaired) electrons. The summed E-state index contributed by atoms with van der Waals surface area (Å²) in [6.45, 7) is 1.80. The van der Waals surface area contributed by atoms with Crippen molar-refractivity contribution in [1.29, 1.82) is 0 Å². The second-order valence-corrected chi connectivity index (χ2v) is 10.4. The molecule has 2 aromatic rings. The monoisotopic (exact) mass is 556 g/mol. The van der Waals surface area contributed by atoms with E-state index in [-0.39, 0.29) is 24.2 Å². The molecule has 1 aromatic carbocycles. The van der Waals surface area contributed by atoms with Gasteiger partial charge in [-0.3, -0.25) is 14.5 Å². The number of phenols is 1. The highest BCUT2D eigenvalue weighted by Gasteiger charge is 2.75. The van der Waals surface area contributed by atoms with Crippen LogP contribution in [0.1, 0.15) is 29.5 Å². The molecule has 2 aliphatic heterocycles. The summed E-state index contributed by atoms with van der Waals surface area (Å²) in [6.07, 6.45) is 1.63. The van der Waals surface area contributed by atoms with Crippen molar-refractivity contribution in [3.05, 3.63) is 61.9 Å². The number of carbonyl (C=O) groups is 2. The number of aromatic nitrogens is 3. The standard InChI is InChI=1S/C21H19BrCl2N4O5/c1-10-7-11(3-4-14(10)29)15-12-5-6-27-18(32)25(2)19(33)28(27)13(12)8-20(23)16(30)26(9-22)17(31)21(15,20)24/h3-5,7,13,15,29H,6,8-9H2,1-2H3/t13-,15+,20-,21+/m1/s1. The van der Waals surface area contributed by atoms with E-state index in [2.05, 4.69) is 15.9 Å². The van der Waals surface area contributed by atoms with Crippen LogP contribution in [0.25, 0.3) is 0 Å². The van der Waals surface area contributed by atoms with Crippen LogP contribution in [0.15, 0.2) is 39.4 Å². The number of phenolic OH excluding ortho intramolecular Hbond substituents is 1. The van der Waals surface area contributed by atoms with E-state index in [0.717, 1.165) is 9.47 Å². The number of halogens is 3. The van der Waals surface area contributed by atoms with Crippen LogP contribution in [0.5, 0.6) is 5.75 Å². The van der Waals surface area contributed by atoms with Crippen LogP contribution in [0, 0.1) is 6.92 Å². The Labute approximate surface area is 205 Å². The van der Waals surface area contributed by atoms with Gasteiger partial charge in [-0.1, -0.05) is 34.1 Å². The molecule has 3 heterocycles. The number of imide groups is 1. The number of hydrogen-bond acceptors (Lipinski definition) is 5. The van der Waals surface area contributed by atoms with E-state index in [0.29, 0.717) is 16.7 Å². The van der Waals surface area contributed by atoms with Crippen molar-refractivity contribution in [2.24, 2.45) is 7.05 Å². The third kappa shape index (κ3) is 2.60. The summed E-state index contributed by atoms with van der Waals surface area (Å²) in [7, 11) is 1.38. The molecule has 12 heteroatoms. The van der Waals surface area contributed by atoms with Gasteiger partial charge in [0.2, 0.25) is 0 Å². The van der Waals surface area contributed by atoms with Gasteiger partial charge >= 0.3 is 11.4 Å². The van der Waals surface area contributed by atoms with E-state index in [1.54, 1.807) is 25.1 Å². The number of allylic oxidation sites excluding steroid dienone is 2. The Morgan fingerprint density at radius 2 is 1.85 bits per heavy atom.